The van der Waals surface area contributed by atoms with Crippen LogP contribution in [0.5, 0.6) is 0 Å². The van der Waals surface area contributed by atoms with E-state index in [1.165, 1.54) is 4.90 Å². The molecule has 0 fully saturated rings. The highest BCUT2D eigenvalue weighted by molar-refractivity contribution is 6.21. The van der Waals surface area contributed by atoms with Gasteiger partial charge in [0.05, 0.1) is 23.7 Å². The first-order valence-corrected chi connectivity index (χ1v) is 8.74. The predicted molar refractivity (Wildman–Crippen MR) is 101 cm³/mol. The number of rotatable bonds is 4. The second kappa shape index (κ2) is 6.87. The zero-order valence-electron chi connectivity index (χ0n) is 15.5. The molecule has 3 amide bonds. The van der Waals surface area contributed by atoms with E-state index in [2.05, 4.69) is 0 Å². The number of carbonyl (C=O) groups excluding carboxylic acids is 2. The average molecular weight is 366 g/mol. The molecule has 1 aliphatic rings. The number of nitrogens with zero attached hydrogens (tertiary/aromatic N) is 2. The molecule has 0 saturated heterocycles. The van der Waals surface area contributed by atoms with Crippen LogP contribution in [0.2, 0.25) is 0 Å². The molecule has 1 heterocycles. The molecule has 1 N–H and O–H groups in total. The highest BCUT2D eigenvalue weighted by Crippen LogP contribution is 2.32. The van der Waals surface area contributed by atoms with Gasteiger partial charge in [-0.2, -0.15) is 0 Å². The van der Waals surface area contributed by atoms with E-state index in [1.807, 2.05) is 30.3 Å². The van der Waals surface area contributed by atoms with Crippen LogP contribution in [0.15, 0.2) is 54.6 Å². The quantitative estimate of drug-likeness (QED) is 0.835. The van der Waals surface area contributed by atoms with Crippen LogP contribution in [0, 0.1) is 0 Å². The first-order chi connectivity index (χ1) is 12.7. The van der Waals surface area contributed by atoms with E-state index in [4.69, 9.17) is 0 Å². The monoisotopic (exact) mass is 366 g/mol. The maximum absolute atomic E-state index is 12.8. The molecule has 0 aliphatic carbocycles. The molecule has 140 valence electrons. The highest BCUT2D eigenvalue weighted by atomic mass is 16.4. The zero-order valence-corrected chi connectivity index (χ0v) is 15.5. The predicted octanol–water partition coefficient (Wildman–Crippen LogP) is 3.80. The first-order valence-electron chi connectivity index (χ1n) is 8.74. The van der Waals surface area contributed by atoms with Gasteiger partial charge in [0, 0.05) is 5.54 Å². The Labute approximate surface area is 158 Å². The Kier molecular flexibility index (Phi) is 4.74. The Morgan fingerprint density at radius 1 is 0.963 bits per heavy atom. The van der Waals surface area contributed by atoms with Gasteiger partial charge in [-0.1, -0.05) is 42.5 Å². The minimum atomic E-state index is -1.10. The smallest absolute Gasteiger partial charge is 0.408 e. The number of amides is 3. The third-order valence-corrected chi connectivity index (χ3v) is 4.66. The van der Waals surface area contributed by atoms with Gasteiger partial charge in [0.2, 0.25) is 0 Å². The molecule has 3 rings (SSSR count). The number of fused-ring (bicyclic) bond motifs is 1. The van der Waals surface area contributed by atoms with Crippen molar-refractivity contribution in [3.63, 3.8) is 0 Å². The molecular formula is C21H22N2O4. The number of carboxylic acid groups (broad SMARTS) is 1. The van der Waals surface area contributed by atoms with Gasteiger partial charge in [-0.15, -0.1) is 0 Å². The van der Waals surface area contributed by atoms with Gasteiger partial charge in [0.25, 0.3) is 11.8 Å². The van der Waals surface area contributed by atoms with E-state index in [-0.39, 0.29) is 6.54 Å². The minimum absolute atomic E-state index is 0.0417. The van der Waals surface area contributed by atoms with Gasteiger partial charge >= 0.3 is 6.09 Å². The van der Waals surface area contributed by atoms with Crippen molar-refractivity contribution in [1.29, 1.82) is 0 Å². The second-order valence-corrected chi connectivity index (χ2v) is 7.52. The van der Waals surface area contributed by atoms with Crippen LogP contribution in [-0.4, -0.2) is 44.9 Å². The highest BCUT2D eigenvalue weighted by Gasteiger charge is 2.41. The number of hydrogen-bond donors (Lipinski definition) is 1. The van der Waals surface area contributed by atoms with E-state index in [9.17, 15) is 19.5 Å². The molecule has 1 aliphatic heterocycles. The van der Waals surface area contributed by atoms with Gasteiger partial charge in [0.15, 0.2) is 0 Å². The summed E-state index contributed by atoms with van der Waals surface area (Å²) in [5.41, 5.74) is 0.718. The largest absolute Gasteiger partial charge is 0.465 e. The number of carbonyl (C=O) groups is 3. The summed E-state index contributed by atoms with van der Waals surface area (Å²) in [5.74, 6) is -0.786. The maximum atomic E-state index is 12.8. The Bertz CT molecular complexity index is 852. The minimum Gasteiger partial charge on any atom is -0.465 e. The van der Waals surface area contributed by atoms with Crippen LogP contribution < -0.4 is 0 Å². The van der Waals surface area contributed by atoms with E-state index in [1.54, 1.807) is 45.0 Å². The lowest BCUT2D eigenvalue weighted by molar-refractivity contribution is 0.0427. The fraction of sp³-hybridized carbons (Fsp3) is 0.286. The molecule has 0 radical (unpaired) electrons. The molecule has 0 spiro atoms. The summed E-state index contributed by atoms with van der Waals surface area (Å²) < 4.78 is 0. The third-order valence-electron chi connectivity index (χ3n) is 4.66. The lowest BCUT2D eigenvalue weighted by Gasteiger charge is -2.41. The van der Waals surface area contributed by atoms with E-state index >= 15 is 0 Å². The van der Waals surface area contributed by atoms with Crippen molar-refractivity contribution in [1.82, 2.24) is 9.80 Å². The Balaban J connectivity index is 2.02. The Hall–Kier alpha value is -3.15. The Morgan fingerprint density at radius 2 is 1.44 bits per heavy atom. The fourth-order valence-corrected chi connectivity index (χ4v) is 3.48. The lowest BCUT2D eigenvalue weighted by atomic mass is 9.98. The number of hydrogen-bond acceptors (Lipinski definition) is 3. The maximum Gasteiger partial charge on any atom is 0.408 e. The normalized spacial score (nSPS) is 14.9. The van der Waals surface area contributed by atoms with E-state index < -0.39 is 29.5 Å². The van der Waals surface area contributed by atoms with Gasteiger partial charge in [-0.25, -0.2) is 4.79 Å². The molecule has 1 atom stereocenters. The summed E-state index contributed by atoms with van der Waals surface area (Å²) >= 11 is 0. The molecule has 0 aromatic heterocycles. The van der Waals surface area contributed by atoms with Crippen molar-refractivity contribution in [2.75, 3.05) is 6.54 Å². The van der Waals surface area contributed by atoms with Gasteiger partial charge in [-0.3, -0.25) is 19.4 Å². The lowest BCUT2D eigenvalue weighted by Crippen LogP contribution is -2.51. The van der Waals surface area contributed by atoms with Crippen molar-refractivity contribution < 1.29 is 19.5 Å². The summed E-state index contributed by atoms with van der Waals surface area (Å²) in [6.07, 6.45) is -1.10. The van der Waals surface area contributed by atoms with Gasteiger partial charge in [0.1, 0.15) is 0 Å². The summed E-state index contributed by atoms with van der Waals surface area (Å²) in [5, 5.41) is 9.86. The molecule has 0 saturated carbocycles. The summed E-state index contributed by atoms with van der Waals surface area (Å²) in [6.45, 7) is 5.33. The van der Waals surface area contributed by atoms with Gasteiger partial charge < -0.3 is 5.11 Å². The van der Waals surface area contributed by atoms with Crippen molar-refractivity contribution in [3.8, 4) is 0 Å². The SMILES string of the molecule is CC(C)(C)N(C(=O)O)[C@@H](CN1C(=O)c2ccccc2C1=O)c1ccccc1. The van der Waals surface area contributed by atoms with Gasteiger partial charge in [-0.05, 0) is 38.5 Å². The molecule has 2 aromatic rings. The van der Waals surface area contributed by atoms with Crippen LogP contribution in [0.25, 0.3) is 0 Å². The number of benzene rings is 2. The van der Waals surface area contributed by atoms with Crippen molar-refractivity contribution in [2.24, 2.45) is 0 Å². The van der Waals surface area contributed by atoms with Crippen LogP contribution in [0.3, 0.4) is 0 Å². The van der Waals surface area contributed by atoms with Crippen LogP contribution >= 0.6 is 0 Å². The van der Waals surface area contributed by atoms with Crippen molar-refractivity contribution in [3.05, 3.63) is 71.3 Å². The molecule has 6 nitrogen and oxygen atoms in total. The molecule has 6 heteroatoms. The average Bonchev–Trinajstić information content (AvgIpc) is 2.85. The molecule has 0 unspecified atom stereocenters. The summed E-state index contributed by atoms with van der Waals surface area (Å²) in [4.78, 5) is 40.0. The second-order valence-electron chi connectivity index (χ2n) is 7.52. The fourth-order valence-electron chi connectivity index (χ4n) is 3.48. The molecule has 27 heavy (non-hydrogen) atoms. The van der Waals surface area contributed by atoms with Crippen molar-refractivity contribution >= 4 is 17.9 Å². The van der Waals surface area contributed by atoms with Crippen LogP contribution in [0.1, 0.15) is 53.1 Å². The van der Waals surface area contributed by atoms with Crippen LogP contribution in [0.4, 0.5) is 4.79 Å². The van der Waals surface area contributed by atoms with Crippen molar-refractivity contribution in [2.45, 2.75) is 32.4 Å². The topological polar surface area (TPSA) is 77.9 Å². The number of imide groups is 1. The summed E-state index contributed by atoms with van der Waals surface area (Å²) in [7, 11) is 0. The summed E-state index contributed by atoms with van der Waals surface area (Å²) in [6, 6.07) is 15.1. The first kappa shape index (κ1) is 18.6. The molecule has 2 aromatic carbocycles. The van der Waals surface area contributed by atoms with Crippen LogP contribution in [-0.2, 0) is 0 Å². The standard InChI is InChI=1S/C21H22N2O4/c1-21(2,3)23(20(26)27)17(14-9-5-4-6-10-14)13-22-18(24)15-11-7-8-12-16(15)19(22)25/h4-12,17H,13H2,1-3H3,(H,26,27)/t17-/m0/s1. The third kappa shape index (κ3) is 3.43. The van der Waals surface area contributed by atoms with E-state index in [0.29, 0.717) is 11.1 Å². The zero-order chi connectivity index (χ0) is 19.8. The molecule has 0 bridgehead atoms. The Morgan fingerprint density at radius 3 is 1.89 bits per heavy atom. The van der Waals surface area contributed by atoms with E-state index in [0.717, 1.165) is 10.5 Å². The molecular weight excluding hydrogens is 344 g/mol.